The Bertz CT molecular complexity index is 1010. The van der Waals surface area contributed by atoms with Gasteiger partial charge >= 0.3 is 0 Å². The van der Waals surface area contributed by atoms with Crippen LogP contribution in [0.5, 0.6) is 0 Å². The third kappa shape index (κ3) is 3.92. The predicted octanol–water partition coefficient (Wildman–Crippen LogP) is 2.36. The first-order valence-electron chi connectivity index (χ1n) is 8.28. The number of carbonyl (C=O) groups excluding carboxylic acids is 3. The van der Waals surface area contributed by atoms with Crippen molar-refractivity contribution < 1.29 is 14.4 Å². The number of amides is 2. The molecule has 0 spiro atoms. The van der Waals surface area contributed by atoms with Crippen LogP contribution in [0.2, 0.25) is 0 Å². The standard InChI is InChI=1S/C20H18N4O3/c1-13-10-14(19(26)21-2)8-9-17(13)23-20(27)18(25)15-11-22-24(12-15)16-6-4-3-5-7-16/h3-12H,1-2H3,(H,21,26)(H,23,27). The van der Waals surface area contributed by atoms with Crippen molar-refractivity contribution in [3.8, 4) is 5.69 Å². The molecule has 0 aliphatic rings. The van der Waals surface area contributed by atoms with Gasteiger partial charge in [-0.3, -0.25) is 14.4 Å². The highest BCUT2D eigenvalue weighted by Gasteiger charge is 2.19. The third-order valence-electron chi connectivity index (χ3n) is 4.04. The zero-order chi connectivity index (χ0) is 19.4. The Morgan fingerprint density at radius 2 is 1.74 bits per heavy atom. The summed E-state index contributed by atoms with van der Waals surface area (Å²) in [5.41, 5.74) is 2.60. The molecule has 0 aliphatic carbocycles. The van der Waals surface area contributed by atoms with Gasteiger partial charge in [-0.2, -0.15) is 5.10 Å². The maximum Gasteiger partial charge on any atom is 0.296 e. The minimum atomic E-state index is -0.765. The lowest BCUT2D eigenvalue weighted by molar-refractivity contribution is -0.112. The lowest BCUT2D eigenvalue weighted by Gasteiger charge is -2.09. The molecule has 136 valence electrons. The fraction of sp³-hybridized carbons (Fsp3) is 0.100. The number of benzene rings is 2. The van der Waals surface area contributed by atoms with E-state index in [9.17, 15) is 14.4 Å². The summed E-state index contributed by atoms with van der Waals surface area (Å²) in [6, 6.07) is 14.1. The summed E-state index contributed by atoms with van der Waals surface area (Å²) >= 11 is 0. The molecular formula is C20H18N4O3. The lowest BCUT2D eigenvalue weighted by atomic mass is 10.1. The summed E-state index contributed by atoms with van der Waals surface area (Å²) in [5, 5.41) is 9.25. The van der Waals surface area contributed by atoms with Crippen LogP contribution in [0.3, 0.4) is 0 Å². The zero-order valence-electron chi connectivity index (χ0n) is 14.9. The molecule has 7 nitrogen and oxygen atoms in total. The average Bonchev–Trinajstić information content (AvgIpc) is 3.19. The minimum Gasteiger partial charge on any atom is -0.355 e. The second kappa shape index (κ2) is 7.65. The van der Waals surface area contributed by atoms with E-state index in [1.54, 1.807) is 32.2 Å². The highest BCUT2D eigenvalue weighted by molar-refractivity contribution is 6.46. The molecular weight excluding hydrogens is 344 g/mol. The first kappa shape index (κ1) is 18.1. The van der Waals surface area contributed by atoms with Gasteiger partial charge in [0.2, 0.25) is 0 Å². The molecule has 27 heavy (non-hydrogen) atoms. The van der Waals surface area contributed by atoms with Crippen LogP contribution in [0.25, 0.3) is 5.69 Å². The molecule has 3 aromatic rings. The van der Waals surface area contributed by atoms with E-state index < -0.39 is 11.7 Å². The van der Waals surface area contributed by atoms with Gasteiger partial charge in [0, 0.05) is 24.5 Å². The summed E-state index contributed by atoms with van der Waals surface area (Å²) in [6.07, 6.45) is 2.87. The van der Waals surface area contributed by atoms with Crippen molar-refractivity contribution in [3.05, 3.63) is 77.6 Å². The molecule has 1 aromatic heterocycles. The van der Waals surface area contributed by atoms with E-state index in [0.717, 1.165) is 5.69 Å². The van der Waals surface area contributed by atoms with Crippen LogP contribution in [0, 0.1) is 6.92 Å². The quantitative estimate of drug-likeness (QED) is 0.538. The highest BCUT2D eigenvalue weighted by Crippen LogP contribution is 2.17. The molecule has 2 N–H and O–H groups in total. The Morgan fingerprint density at radius 3 is 2.41 bits per heavy atom. The number of anilines is 1. The molecule has 0 saturated heterocycles. The summed E-state index contributed by atoms with van der Waals surface area (Å²) in [7, 11) is 1.54. The van der Waals surface area contributed by atoms with Gasteiger partial charge in [-0.05, 0) is 42.8 Å². The predicted molar refractivity (Wildman–Crippen MR) is 101 cm³/mol. The molecule has 0 atom stereocenters. The molecule has 7 heteroatoms. The van der Waals surface area contributed by atoms with Gasteiger partial charge in [0.1, 0.15) is 0 Å². The topological polar surface area (TPSA) is 93.1 Å². The highest BCUT2D eigenvalue weighted by atomic mass is 16.2. The number of ketones is 1. The third-order valence-corrected chi connectivity index (χ3v) is 4.04. The summed E-state index contributed by atoms with van der Waals surface area (Å²) in [4.78, 5) is 36.4. The van der Waals surface area contributed by atoms with Crippen molar-refractivity contribution in [2.75, 3.05) is 12.4 Å². The minimum absolute atomic E-state index is 0.191. The van der Waals surface area contributed by atoms with Crippen molar-refractivity contribution in [3.63, 3.8) is 0 Å². The van der Waals surface area contributed by atoms with E-state index in [-0.39, 0.29) is 11.5 Å². The molecule has 2 aromatic carbocycles. The van der Waals surface area contributed by atoms with Crippen LogP contribution in [0.1, 0.15) is 26.3 Å². The van der Waals surface area contributed by atoms with Crippen LogP contribution in [0.4, 0.5) is 5.69 Å². The van der Waals surface area contributed by atoms with Crippen LogP contribution in [0.15, 0.2) is 60.9 Å². The number of rotatable bonds is 5. The largest absolute Gasteiger partial charge is 0.355 e. The Hall–Kier alpha value is -3.74. The number of carbonyl (C=O) groups is 3. The Kier molecular flexibility index (Phi) is 5.12. The molecule has 3 rings (SSSR count). The van der Waals surface area contributed by atoms with Crippen molar-refractivity contribution in [2.24, 2.45) is 0 Å². The van der Waals surface area contributed by atoms with Gasteiger partial charge in [-0.15, -0.1) is 0 Å². The Balaban J connectivity index is 1.74. The van der Waals surface area contributed by atoms with E-state index in [1.165, 1.54) is 17.1 Å². The van der Waals surface area contributed by atoms with E-state index in [4.69, 9.17) is 0 Å². The van der Waals surface area contributed by atoms with Gasteiger partial charge in [-0.25, -0.2) is 4.68 Å². The van der Waals surface area contributed by atoms with Crippen LogP contribution < -0.4 is 10.6 Å². The Morgan fingerprint density at radius 1 is 1.00 bits per heavy atom. The monoisotopic (exact) mass is 362 g/mol. The molecule has 0 fully saturated rings. The smallest absolute Gasteiger partial charge is 0.296 e. The number of Topliss-reactive ketones (excluding diaryl/α,β-unsaturated/α-hetero) is 1. The van der Waals surface area contributed by atoms with E-state index in [1.807, 2.05) is 30.3 Å². The SMILES string of the molecule is CNC(=O)c1ccc(NC(=O)C(=O)c2cnn(-c3ccccc3)c2)c(C)c1. The van der Waals surface area contributed by atoms with E-state index in [2.05, 4.69) is 15.7 Å². The molecule has 0 aliphatic heterocycles. The molecule has 0 saturated carbocycles. The van der Waals surface area contributed by atoms with E-state index in [0.29, 0.717) is 16.8 Å². The zero-order valence-corrected chi connectivity index (χ0v) is 14.9. The normalized spacial score (nSPS) is 10.3. The average molecular weight is 362 g/mol. The number of nitrogens with zero attached hydrogens (tertiary/aromatic N) is 2. The van der Waals surface area contributed by atoms with Gasteiger partial charge in [0.15, 0.2) is 0 Å². The second-order valence-corrected chi connectivity index (χ2v) is 5.90. The molecule has 0 unspecified atom stereocenters. The molecule has 0 radical (unpaired) electrons. The lowest BCUT2D eigenvalue weighted by Crippen LogP contribution is -2.23. The van der Waals surface area contributed by atoms with Crippen LogP contribution >= 0.6 is 0 Å². The van der Waals surface area contributed by atoms with Crippen molar-refractivity contribution in [1.82, 2.24) is 15.1 Å². The first-order valence-corrected chi connectivity index (χ1v) is 8.28. The van der Waals surface area contributed by atoms with Crippen LogP contribution in [-0.4, -0.2) is 34.4 Å². The molecule has 2 amide bonds. The fourth-order valence-corrected chi connectivity index (χ4v) is 2.56. The summed E-state index contributed by atoms with van der Waals surface area (Å²) in [6.45, 7) is 1.75. The maximum atomic E-state index is 12.4. The van der Waals surface area contributed by atoms with Gasteiger partial charge < -0.3 is 10.6 Å². The number of hydrogen-bond donors (Lipinski definition) is 2. The van der Waals surface area contributed by atoms with Crippen molar-refractivity contribution >= 4 is 23.3 Å². The van der Waals surface area contributed by atoms with Crippen molar-refractivity contribution in [2.45, 2.75) is 6.92 Å². The van der Waals surface area contributed by atoms with Gasteiger partial charge in [0.25, 0.3) is 17.6 Å². The van der Waals surface area contributed by atoms with Gasteiger partial charge in [0.05, 0.1) is 17.4 Å². The van der Waals surface area contributed by atoms with Gasteiger partial charge in [-0.1, -0.05) is 18.2 Å². The number of aryl methyl sites for hydroxylation is 1. The Labute approximate surface area is 156 Å². The number of aromatic nitrogens is 2. The summed E-state index contributed by atoms with van der Waals surface area (Å²) < 4.78 is 1.53. The molecule has 1 heterocycles. The number of hydrogen-bond acceptors (Lipinski definition) is 4. The van der Waals surface area contributed by atoms with Crippen molar-refractivity contribution in [1.29, 1.82) is 0 Å². The first-order chi connectivity index (χ1) is 13.0. The van der Waals surface area contributed by atoms with Crippen LogP contribution in [-0.2, 0) is 4.79 Å². The number of nitrogens with one attached hydrogen (secondary N) is 2. The summed E-state index contributed by atoms with van der Waals surface area (Å²) in [5.74, 6) is -1.68. The fourth-order valence-electron chi connectivity index (χ4n) is 2.56. The molecule has 0 bridgehead atoms. The number of para-hydroxylation sites is 1. The second-order valence-electron chi connectivity index (χ2n) is 5.90. The van der Waals surface area contributed by atoms with E-state index >= 15 is 0 Å². The maximum absolute atomic E-state index is 12.4.